The van der Waals surface area contributed by atoms with Crippen LogP contribution in [0.3, 0.4) is 0 Å². The summed E-state index contributed by atoms with van der Waals surface area (Å²) in [6.07, 6.45) is 10.9. The number of aromatic hydroxyl groups is 1. The number of hydrogen-bond donors (Lipinski definition) is 2. The molecule has 4 heteroatoms. The third-order valence-electron chi connectivity index (χ3n) is 5.90. The molecule has 2 saturated carbocycles. The molecular formula is C21H30O4. The van der Waals surface area contributed by atoms with Crippen molar-refractivity contribution in [1.29, 1.82) is 0 Å². The predicted octanol–water partition coefficient (Wildman–Crippen LogP) is 5.58. The zero-order valence-electron chi connectivity index (χ0n) is 15.2. The minimum atomic E-state index is -1.03. The summed E-state index contributed by atoms with van der Waals surface area (Å²) < 4.78 is 5.89. The number of benzene rings is 1. The van der Waals surface area contributed by atoms with Gasteiger partial charge in [0.25, 0.3) is 0 Å². The molecule has 1 aromatic rings. The summed E-state index contributed by atoms with van der Waals surface area (Å²) in [7, 11) is 0. The Morgan fingerprint density at radius 1 is 1.04 bits per heavy atom. The summed E-state index contributed by atoms with van der Waals surface area (Å²) in [5.41, 5.74) is 1.60. The van der Waals surface area contributed by atoms with Gasteiger partial charge in [0, 0.05) is 11.1 Å². The summed E-state index contributed by atoms with van der Waals surface area (Å²) >= 11 is 0. The van der Waals surface area contributed by atoms with Crippen molar-refractivity contribution in [3.8, 4) is 11.5 Å². The molecule has 2 aliphatic carbocycles. The molecule has 3 rings (SSSR count). The molecule has 1 aromatic carbocycles. The molecule has 0 saturated heterocycles. The number of ether oxygens (including phenoxy) is 1. The molecule has 0 aromatic heterocycles. The third-order valence-corrected chi connectivity index (χ3v) is 5.90. The maximum absolute atomic E-state index is 12.1. The Kier molecular flexibility index (Phi) is 5.87. The minimum absolute atomic E-state index is 0.0107. The number of aromatic carboxylic acids is 1. The SMILES string of the molecule is CCOc1cc(C2CCCCC2)c(O)c(C(=O)O)c1C1CCCCC1. The quantitative estimate of drug-likeness (QED) is 0.730. The number of carbonyl (C=O) groups is 1. The Morgan fingerprint density at radius 3 is 2.12 bits per heavy atom. The monoisotopic (exact) mass is 346 g/mol. The third kappa shape index (κ3) is 3.78. The standard InChI is InChI=1S/C21H30O4/c1-2-25-17-13-16(14-9-5-3-6-10-14)20(22)19(21(23)24)18(17)15-11-7-4-8-12-15/h13-15,22H,2-12H2,1H3,(H,23,24). The highest BCUT2D eigenvalue weighted by Gasteiger charge is 2.32. The van der Waals surface area contributed by atoms with Crippen molar-refractivity contribution in [3.63, 3.8) is 0 Å². The van der Waals surface area contributed by atoms with Gasteiger partial charge in [-0.1, -0.05) is 38.5 Å². The van der Waals surface area contributed by atoms with Crippen molar-refractivity contribution in [3.05, 3.63) is 22.8 Å². The molecule has 0 atom stereocenters. The molecule has 0 radical (unpaired) electrons. The van der Waals surface area contributed by atoms with Crippen LogP contribution in [-0.4, -0.2) is 22.8 Å². The molecule has 0 unspecified atom stereocenters. The first-order chi connectivity index (χ1) is 12.1. The van der Waals surface area contributed by atoms with E-state index in [9.17, 15) is 15.0 Å². The molecule has 2 N–H and O–H groups in total. The van der Waals surface area contributed by atoms with E-state index in [1.807, 2.05) is 13.0 Å². The average Bonchev–Trinajstić information content (AvgIpc) is 2.64. The van der Waals surface area contributed by atoms with Gasteiger partial charge in [0.2, 0.25) is 0 Å². The van der Waals surface area contributed by atoms with Crippen molar-refractivity contribution < 1.29 is 19.7 Å². The second-order valence-electron chi connectivity index (χ2n) is 7.51. The fraction of sp³-hybridized carbons (Fsp3) is 0.667. The highest BCUT2D eigenvalue weighted by Crippen LogP contribution is 2.47. The zero-order valence-corrected chi connectivity index (χ0v) is 15.2. The second kappa shape index (κ2) is 8.11. The molecule has 2 aliphatic rings. The van der Waals surface area contributed by atoms with Crippen LogP contribution in [0.1, 0.15) is 104 Å². The second-order valence-corrected chi connectivity index (χ2v) is 7.51. The van der Waals surface area contributed by atoms with E-state index in [0.717, 1.165) is 62.5 Å². The molecule has 0 bridgehead atoms. The smallest absolute Gasteiger partial charge is 0.339 e. The Labute approximate surface area is 150 Å². The lowest BCUT2D eigenvalue weighted by Gasteiger charge is -2.29. The van der Waals surface area contributed by atoms with Gasteiger partial charge in [-0.2, -0.15) is 0 Å². The molecular weight excluding hydrogens is 316 g/mol. The first-order valence-corrected chi connectivity index (χ1v) is 9.89. The van der Waals surface area contributed by atoms with Crippen LogP contribution in [0, 0.1) is 0 Å². The van der Waals surface area contributed by atoms with Crippen LogP contribution in [0.15, 0.2) is 6.07 Å². The summed E-state index contributed by atoms with van der Waals surface area (Å²) in [6, 6.07) is 1.95. The first-order valence-electron chi connectivity index (χ1n) is 9.89. The van der Waals surface area contributed by atoms with Crippen molar-refractivity contribution in [2.24, 2.45) is 0 Å². The molecule has 138 valence electrons. The van der Waals surface area contributed by atoms with Crippen molar-refractivity contribution in [1.82, 2.24) is 0 Å². The molecule has 0 heterocycles. The van der Waals surface area contributed by atoms with Gasteiger partial charge in [-0.05, 0) is 50.5 Å². The van der Waals surface area contributed by atoms with Crippen LogP contribution in [0.2, 0.25) is 0 Å². The lowest BCUT2D eigenvalue weighted by Crippen LogP contribution is -2.16. The van der Waals surface area contributed by atoms with E-state index in [0.29, 0.717) is 12.4 Å². The minimum Gasteiger partial charge on any atom is -0.507 e. The molecule has 0 aliphatic heterocycles. The van der Waals surface area contributed by atoms with Gasteiger partial charge in [-0.3, -0.25) is 0 Å². The maximum Gasteiger partial charge on any atom is 0.339 e. The highest BCUT2D eigenvalue weighted by molar-refractivity contribution is 5.94. The van der Waals surface area contributed by atoms with Crippen LogP contribution >= 0.6 is 0 Å². The molecule has 0 spiro atoms. The van der Waals surface area contributed by atoms with Crippen LogP contribution in [0.5, 0.6) is 11.5 Å². The summed E-state index contributed by atoms with van der Waals surface area (Å²) in [5.74, 6) is 0.0597. The normalized spacial score (nSPS) is 19.7. The van der Waals surface area contributed by atoms with Gasteiger partial charge in [0.05, 0.1) is 6.61 Å². The Balaban J connectivity index is 2.11. The number of carboxylic acids is 1. The van der Waals surface area contributed by atoms with Gasteiger partial charge in [0.1, 0.15) is 17.1 Å². The number of rotatable bonds is 5. The van der Waals surface area contributed by atoms with Gasteiger partial charge < -0.3 is 14.9 Å². The number of carboxylic acid groups (broad SMARTS) is 1. The fourth-order valence-electron chi connectivity index (χ4n) is 4.70. The van der Waals surface area contributed by atoms with Crippen LogP contribution in [0.4, 0.5) is 0 Å². The molecule has 4 nitrogen and oxygen atoms in total. The largest absolute Gasteiger partial charge is 0.507 e. The zero-order chi connectivity index (χ0) is 17.8. The summed E-state index contributed by atoms with van der Waals surface area (Å²) in [6.45, 7) is 2.44. The summed E-state index contributed by atoms with van der Waals surface area (Å²) in [4.78, 5) is 12.1. The molecule has 0 amide bonds. The average molecular weight is 346 g/mol. The van der Waals surface area contributed by atoms with Gasteiger partial charge >= 0.3 is 5.97 Å². The van der Waals surface area contributed by atoms with Crippen LogP contribution in [-0.2, 0) is 0 Å². The van der Waals surface area contributed by atoms with Gasteiger partial charge in [-0.15, -0.1) is 0 Å². The van der Waals surface area contributed by atoms with E-state index < -0.39 is 5.97 Å². The lowest BCUT2D eigenvalue weighted by atomic mass is 9.78. The van der Waals surface area contributed by atoms with Crippen LogP contribution in [0.25, 0.3) is 0 Å². The van der Waals surface area contributed by atoms with E-state index in [1.165, 1.54) is 12.8 Å². The Hall–Kier alpha value is -1.71. The van der Waals surface area contributed by atoms with Gasteiger partial charge in [-0.25, -0.2) is 4.79 Å². The Morgan fingerprint density at radius 2 is 1.60 bits per heavy atom. The maximum atomic E-state index is 12.1. The van der Waals surface area contributed by atoms with E-state index in [4.69, 9.17) is 4.74 Å². The van der Waals surface area contributed by atoms with Crippen LogP contribution < -0.4 is 4.74 Å². The lowest BCUT2D eigenvalue weighted by molar-refractivity contribution is 0.0690. The van der Waals surface area contributed by atoms with Crippen molar-refractivity contribution in [2.75, 3.05) is 6.61 Å². The first kappa shape index (κ1) is 18.1. The Bertz CT molecular complexity index is 611. The molecule has 25 heavy (non-hydrogen) atoms. The van der Waals surface area contributed by atoms with Crippen molar-refractivity contribution in [2.45, 2.75) is 83.0 Å². The highest BCUT2D eigenvalue weighted by atomic mass is 16.5. The van der Waals surface area contributed by atoms with E-state index in [-0.39, 0.29) is 23.1 Å². The number of hydrogen-bond acceptors (Lipinski definition) is 3. The predicted molar refractivity (Wildman–Crippen MR) is 97.9 cm³/mol. The van der Waals surface area contributed by atoms with E-state index in [1.54, 1.807) is 0 Å². The van der Waals surface area contributed by atoms with Crippen molar-refractivity contribution >= 4 is 5.97 Å². The van der Waals surface area contributed by atoms with E-state index >= 15 is 0 Å². The fourth-order valence-corrected chi connectivity index (χ4v) is 4.70. The van der Waals surface area contributed by atoms with Gasteiger partial charge in [0.15, 0.2) is 0 Å². The topological polar surface area (TPSA) is 66.8 Å². The number of phenols is 1. The summed E-state index contributed by atoms with van der Waals surface area (Å²) in [5, 5.41) is 20.8. The molecule has 2 fully saturated rings. The van der Waals surface area contributed by atoms with E-state index in [2.05, 4.69) is 0 Å².